The zero-order valence-electron chi connectivity index (χ0n) is 12.5. The average Bonchev–Trinajstić information content (AvgIpc) is 2.45. The van der Waals surface area contributed by atoms with Crippen LogP contribution < -0.4 is 4.74 Å². The van der Waals surface area contributed by atoms with Gasteiger partial charge in [-0.1, -0.05) is 42.5 Å². The van der Waals surface area contributed by atoms with E-state index in [9.17, 15) is 9.90 Å². The first-order valence-electron chi connectivity index (χ1n) is 6.94. The monoisotopic (exact) mass is 284 g/mol. The highest BCUT2D eigenvalue weighted by Crippen LogP contribution is 2.27. The van der Waals surface area contributed by atoms with Gasteiger partial charge in [0.1, 0.15) is 17.5 Å². The smallest absolute Gasteiger partial charge is 0.199 e. The van der Waals surface area contributed by atoms with Crippen molar-refractivity contribution in [1.82, 2.24) is 0 Å². The average molecular weight is 284 g/mol. The Morgan fingerprint density at radius 1 is 1.00 bits per heavy atom. The minimum Gasteiger partial charge on any atom is -0.487 e. The van der Waals surface area contributed by atoms with Crippen LogP contribution in [0.15, 0.2) is 54.6 Å². The fourth-order valence-electron chi connectivity index (χ4n) is 2.02. The number of ketones is 1. The number of benzene rings is 2. The molecule has 1 atom stereocenters. The van der Waals surface area contributed by atoms with Gasteiger partial charge in [-0.15, -0.1) is 0 Å². The van der Waals surface area contributed by atoms with Gasteiger partial charge in [0.05, 0.1) is 5.56 Å². The van der Waals surface area contributed by atoms with Crippen LogP contribution in [-0.2, 0) is 0 Å². The molecule has 110 valence electrons. The number of hydrogen-bond donors (Lipinski definition) is 1. The summed E-state index contributed by atoms with van der Waals surface area (Å²) in [5.41, 5.74) is 0.561. The maximum absolute atomic E-state index is 12.5. The van der Waals surface area contributed by atoms with Gasteiger partial charge >= 0.3 is 0 Å². The first kappa shape index (κ1) is 15.3. The molecule has 0 aromatic heterocycles. The highest BCUT2D eigenvalue weighted by Gasteiger charge is 2.24. The normalized spacial score (nSPS) is 12.8. The van der Waals surface area contributed by atoms with Gasteiger partial charge in [0.25, 0.3) is 0 Å². The van der Waals surface area contributed by atoms with Crippen LogP contribution in [0.2, 0.25) is 0 Å². The lowest BCUT2D eigenvalue weighted by atomic mass is 9.99. The highest BCUT2D eigenvalue weighted by molar-refractivity contribution is 6.02. The molecule has 0 amide bonds. The Kier molecular flexibility index (Phi) is 4.43. The third-order valence-electron chi connectivity index (χ3n) is 2.93. The largest absolute Gasteiger partial charge is 0.487 e. The lowest BCUT2D eigenvalue weighted by Gasteiger charge is -2.23. The van der Waals surface area contributed by atoms with Gasteiger partial charge in [0.2, 0.25) is 0 Å². The predicted octanol–water partition coefficient (Wildman–Crippen LogP) is 3.78. The second kappa shape index (κ2) is 6.10. The van der Waals surface area contributed by atoms with Crippen LogP contribution in [0.1, 0.15) is 42.8 Å². The van der Waals surface area contributed by atoms with Crippen molar-refractivity contribution in [3.05, 3.63) is 65.7 Å². The molecule has 0 aliphatic heterocycles. The Balaban J connectivity index is 2.31. The van der Waals surface area contributed by atoms with E-state index in [-0.39, 0.29) is 5.78 Å². The number of para-hydroxylation sites is 1. The SMILES string of the molecule is CC(C)(C)Oc1ccccc1C(=O)C(O)c1ccccc1. The van der Waals surface area contributed by atoms with E-state index in [0.717, 1.165) is 0 Å². The molecule has 1 unspecified atom stereocenters. The van der Waals surface area contributed by atoms with Crippen molar-refractivity contribution >= 4 is 5.78 Å². The van der Waals surface area contributed by atoms with Gasteiger partial charge in [-0.05, 0) is 38.5 Å². The first-order valence-corrected chi connectivity index (χ1v) is 6.94. The first-order chi connectivity index (χ1) is 9.88. The summed E-state index contributed by atoms with van der Waals surface area (Å²) in [5, 5.41) is 10.3. The Bertz CT molecular complexity index is 612. The molecule has 0 saturated heterocycles. The Morgan fingerprint density at radius 3 is 2.19 bits per heavy atom. The van der Waals surface area contributed by atoms with E-state index in [2.05, 4.69) is 0 Å². The molecule has 21 heavy (non-hydrogen) atoms. The predicted molar refractivity (Wildman–Crippen MR) is 82.6 cm³/mol. The zero-order valence-corrected chi connectivity index (χ0v) is 12.5. The fraction of sp³-hybridized carbons (Fsp3) is 0.278. The molecule has 0 radical (unpaired) electrons. The number of aliphatic hydroxyl groups is 1. The molecular weight excluding hydrogens is 264 g/mol. The lowest BCUT2D eigenvalue weighted by Crippen LogP contribution is -2.25. The van der Waals surface area contributed by atoms with Crippen molar-refractivity contribution < 1.29 is 14.6 Å². The molecule has 3 nitrogen and oxygen atoms in total. The van der Waals surface area contributed by atoms with Gasteiger partial charge in [-0.3, -0.25) is 4.79 Å². The third kappa shape index (κ3) is 3.92. The summed E-state index contributed by atoms with van der Waals surface area (Å²) < 4.78 is 5.81. The number of Topliss-reactive ketones (excluding diaryl/α,β-unsaturated/α-hetero) is 1. The fourth-order valence-corrected chi connectivity index (χ4v) is 2.02. The Morgan fingerprint density at radius 2 is 1.57 bits per heavy atom. The van der Waals surface area contributed by atoms with Crippen LogP contribution in [0.5, 0.6) is 5.75 Å². The van der Waals surface area contributed by atoms with Gasteiger partial charge in [0.15, 0.2) is 5.78 Å². The number of ether oxygens (including phenoxy) is 1. The number of carbonyl (C=O) groups excluding carboxylic acids is 1. The van der Waals surface area contributed by atoms with E-state index < -0.39 is 11.7 Å². The number of rotatable bonds is 4. The van der Waals surface area contributed by atoms with Crippen LogP contribution in [0, 0.1) is 0 Å². The van der Waals surface area contributed by atoms with Crippen molar-refractivity contribution in [2.75, 3.05) is 0 Å². The van der Waals surface area contributed by atoms with E-state index in [1.807, 2.05) is 32.9 Å². The van der Waals surface area contributed by atoms with Gasteiger partial charge in [0, 0.05) is 0 Å². The maximum atomic E-state index is 12.5. The van der Waals surface area contributed by atoms with E-state index in [1.54, 1.807) is 42.5 Å². The minimum atomic E-state index is -1.18. The van der Waals surface area contributed by atoms with Crippen LogP contribution in [0.25, 0.3) is 0 Å². The van der Waals surface area contributed by atoms with Crippen LogP contribution in [0.4, 0.5) is 0 Å². The molecule has 1 N–H and O–H groups in total. The van der Waals surface area contributed by atoms with Gasteiger partial charge < -0.3 is 9.84 Å². The summed E-state index contributed by atoms with van der Waals surface area (Å²) in [6.07, 6.45) is -1.18. The summed E-state index contributed by atoms with van der Waals surface area (Å²) in [6.45, 7) is 5.76. The molecular formula is C18H20O3. The van der Waals surface area contributed by atoms with Crippen molar-refractivity contribution in [3.8, 4) is 5.75 Å². The van der Waals surface area contributed by atoms with Crippen LogP contribution >= 0.6 is 0 Å². The molecule has 0 spiro atoms. The molecule has 0 heterocycles. The summed E-state index contributed by atoms with van der Waals surface area (Å²) in [7, 11) is 0. The summed E-state index contributed by atoms with van der Waals surface area (Å²) >= 11 is 0. The summed E-state index contributed by atoms with van der Waals surface area (Å²) in [4.78, 5) is 12.5. The Labute approximate surface area is 125 Å². The van der Waals surface area contributed by atoms with E-state index >= 15 is 0 Å². The minimum absolute atomic E-state index is 0.360. The third-order valence-corrected chi connectivity index (χ3v) is 2.93. The van der Waals surface area contributed by atoms with E-state index in [0.29, 0.717) is 16.9 Å². The van der Waals surface area contributed by atoms with Crippen molar-refractivity contribution in [1.29, 1.82) is 0 Å². The molecule has 0 bridgehead atoms. The number of aliphatic hydroxyl groups excluding tert-OH is 1. The summed E-state index contributed by atoms with van der Waals surface area (Å²) in [5.74, 6) is 0.131. The molecule has 3 heteroatoms. The molecule has 2 aromatic carbocycles. The molecule has 0 aliphatic rings. The summed E-state index contributed by atoms with van der Waals surface area (Å²) in [6, 6.07) is 15.9. The van der Waals surface area contributed by atoms with Crippen molar-refractivity contribution in [3.63, 3.8) is 0 Å². The molecule has 2 aromatic rings. The van der Waals surface area contributed by atoms with Crippen LogP contribution in [-0.4, -0.2) is 16.5 Å². The maximum Gasteiger partial charge on any atom is 0.199 e. The van der Waals surface area contributed by atoms with E-state index in [1.165, 1.54) is 0 Å². The molecule has 2 rings (SSSR count). The second-order valence-corrected chi connectivity index (χ2v) is 5.89. The topological polar surface area (TPSA) is 46.5 Å². The van der Waals surface area contributed by atoms with E-state index in [4.69, 9.17) is 4.74 Å². The number of carbonyl (C=O) groups is 1. The van der Waals surface area contributed by atoms with Gasteiger partial charge in [-0.2, -0.15) is 0 Å². The second-order valence-electron chi connectivity index (χ2n) is 5.89. The highest BCUT2D eigenvalue weighted by atomic mass is 16.5. The number of hydrogen-bond acceptors (Lipinski definition) is 3. The van der Waals surface area contributed by atoms with Crippen molar-refractivity contribution in [2.24, 2.45) is 0 Å². The molecule has 0 saturated carbocycles. The molecule has 0 aliphatic carbocycles. The molecule has 0 fully saturated rings. The standard InChI is InChI=1S/C18H20O3/c1-18(2,3)21-15-12-8-7-11-14(15)17(20)16(19)13-9-5-4-6-10-13/h4-12,16,19H,1-3H3. The van der Waals surface area contributed by atoms with Crippen molar-refractivity contribution in [2.45, 2.75) is 32.5 Å². The van der Waals surface area contributed by atoms with Gasteiger partial charge in [-0.25, -0.2) is 0 Å². The Hall–Kier alpha value is -2.13. The lowest BCUT2D eigenvalue weighted by molar-refractivity contribution is 0.0732. The van der Waals surface area contributed by atoms with Crippen LogP contribution in [0.3, 0.4) is 0 Å². The zero-order chi connectivity index (χ0) is 15.5. The quantitative estimate of drug-likeness (QED) is 0.869.